The minimum Gasteiger partial charge on any atom is -0.355 e. The highest BCUT2D eigenvalue weighted by molar-refractivity contribution is 5.95. The molecule has 0 aliphatic rings. The maximum absolute atomic E-state index is 12.4. The van der Waals surface area contributed by atoms with Crippen LogP contribution in [-0.2, 0) is 6.54 Å². The molecule has 5 nitrogen and oxygen atoms in total. The molecule has 0 unspecified atom stereocenters. The summed E-state index contributed by atoms with van der Waals surface area (Å²) in [5.41, 5.74) is 4.32. The van der Waals surface area contributed by atoms with Crippen molar-refractivity contribution in [2.24, 2.45) is 0 Å². The lowest BCUT2D eigenvalue weighted by atomic mass is 10.1. The molecule has 2 heterocycles. The van der Waals surface area contributed by atoms with Crippen LogP contribution in [0.1, 0.15) is 15.9 Å². The Kier molecular flexibility index (Phi) is 4.74. The molecule has 5 heteroatoms. The van der Waals surface area contributed by atoms with Crippen molar-refractivity contribution in [3.8, 4) is 0 Å². The van der Waals surface area contributed by atoms with Crippen LogP contribution in [-0.4, -0.2) is 15.9 Å². The van der Waals surface area contributed by atoms with E-state index >= 15 is 0 Å². The molecule has 0 fully saturated rings. The fraction of sp³-hybridized carbons (Fsp3) is 0.0455. The number of pyridine rings is 2. The first-order valence-electron chi connectivity index (χ1n) is 8.67. The fourth-order valence-electron chi connectivity index (χ4n) is 2.85. The molecule has 0 spiro atoms. The number of rotatable bonds is 5. The second-order valence-electron chi connectivity index (χ2n) is 6.16. The van der Waals surface area contributed by atoms with Crippen LogP contribution in [0.2, 0.25) is 0 Å². The van der Waals surface area contributed by atoms with E-state index in [9.17, 15) is 4.79 Å². The summed E-state index contributed by atoms with van der Waals surface area (Å²) in [4.78, 5) is 20.8. The molecule has 0 atom stereocenters. The summed E-state index contributed by atoms with van der Waals surface area (Å²) in [5, 5.41) is 7.33. The lowest BCUT2D eigenvalue weighted by Crippen LogP contribution is -2.22. The summed E-state index contributed by atoms with van der Waals surface area (Å²) in [7, 11) is 0. The molecular formula is C22H18N4O. The van der Waals surface area contributed by atoms with E-state index in [0.717, 1.165) is 27.8 Å². The van der Waals surface area contributed by atoms with Gasteiger partial charge in [0.1, 0.15) is 0 Å². The normalized spacial score (nSPS) is 10.5. The summed E-state index contributed by atoms with van der Waals surface area (Å²) >= 11 is 0. The zero-order chi connectivity index (χ0) is 18.5. The van der Waals surface area contributed by atoms with Gasteiger partial charge in [0.2, 0.25) is 0 Å². The monoisotopic (exact) mass is 354 g/mol. The van der Waals surface area contributed by atoms with Crippen LogP contribution in [0.25, 0.3) is 10.9 Å². The molecule has 0 radical (unpaired) electrons. The Morgan fingerprint density at radius 2 is 1.78 bits per heavy atom. The molecule has 0 aliphatic heterocycles. The number of hydrogen-bond donors (Lipinski definition) is 2. The predicted molar refractivity (Wildman–Crippen MR) is 107 cm³/mol. The Morgan fingerprint density at radius 1 is 0.889 bits per heavy atom. The number of aromatic nitrogens is 2. The van der Waals surface area contributed by atoms with Crippen molar-refractivity contribution in [3.05, 3.63) is 96.4 Å². The third-order valence-corrected chi connectivity index (χ3v) is 4.19. The number of nitrogens with zero attached hydrogens (tertiary/aromatic N) is 2. The topological polar surface area (TPSA) is 66.9 Å². The van der Waals surface area contributed by atoms with Crippen molar-refractivity contribution < 1.29 is 4.79 Å². The van der Waals surface area contributed by atoms with Gasteiger partial charge in [-0.3, -0.25) is 14.8 Å². The summed E-state index contributed by atoms with van der Waals surface area (Å²) in [5.74, 6) is -0.120. The zero-order valence-electron chi connectivity index (χ0n) is 14.6. The quantitative estimate of drug-likeness (QED) is 0.561. The number of carbonyl (C=O) groups excluding carboxylic acids is 1. The highest BCUT2D eigenvalue weighted by Gasteiger charge is 2.07. The number of carbonyl (C=O) groups is 1. The minimum atomic E-state index is -0.120. The van der Waals surface area contributed by atoms with E-state index in [-0.39, 0.29) is 5.91 Å². The molecule has 1 amide bonds. The fourth-order valence-corrected chi connectivity index (χ4v) is 2.85. The van der Waals surface area contributed by atoms with Gasteiger partial charge in [0, 0.05) is 47.5 Å². The van der Waals surface area contributed by atoms with E-state index in [1.807, 2.05) is 60.7 Å². The van der Waals surface area contributed by atoms with Gasteiger partial charge in [-0.25, -0.2) is 0 Å². The summed E-state index contributed by atoms with van der Waals surface area (Å²) in [6.07, 6.45) is 5.24. The van der Waals surface area contributed by atoms with Gasteiger partial charge in [0.15, 0.2) is 0 Å². The van der Waals surface area contributed by atoms with Crippen molar-refractivity contribution >= 4 is 28.2 Å². The molecular weight excluding hydrogens is 336 g/mol. The molecule has 0 saturated carbocycles. The van der Waals surface area contributed by atoms with Crippen molar-refractivity contribution in [2.45, 2.75) is 6.54 Å². The number of hydrogen-bond acceptors (Lipinski definition) is 4. The van der Waals surface area contributed by atoms with E-state index in [1.54, 1.807) is 24.7 Å². The summed E-state index contributed by atoms with van der Waals surface area (Å²) in [6, 6.07) is 21.2. The Bertz CT molecular complexity index is 1080. The van der Waals surface area contributed by atoms with Crippen molar-refractivity contribution in [1.82, 2.24) is 15.3 Å². The SMILES string of the molecule is O=C(NCc1cccnc1)c1cccc(Nc2ccc3ncccc3c2)c1. The first-order valence-corrected chi connectivity index (χ1v) is 8.67. The van der Waals surface area contributed by atoms with E-state index in [1.165, 1.54) is 0 Å². The van der Waals surface area contributed by atoms with Gasteiger partial charge in [0.05, 0.1) is 5.52 Å². The average molecular weight is 354 g/mol. The smallest absolute Gasteiger partial charge is 0.251 e. The molecule has 0 saturated heterocycles. The Morgan fingerprint density at radius 3 is 2.67 bits per heavy atom. The summed E-state index contributed by atoms with van der Waals surface area (Å²) < 4.78 is 0. The van der Waals surface area contributed by atoms with Gasteiger partial charge in [-0.05, 0) is 54.1 Å². The molecule has 0 aliphatic carbocycles. The van der Waals surface area contributed by atoms with Gasteiger partial charge in [-0.1, -0.05) is 18.2 Å². The van der Waals surface area contributed by atoms with E-state index in [0.29, 0.717) is 12.1 Å². The molecule has 2 aromatic heterocycles. The predicted octanol–water partition coefficient (Wildman–Crippen LogP) is 4.30. The molecule has 4 aromatic rings. The third-order valence-electron chi connectivity index (χ3n) is 4.19. The number of amides is 1. The molecule has 27 heavy (non-hydrogen) atoms. The average Bonchev–Trinajstić information content (AvgIpc) is 2.73. The van der Waals surface area contributed by atoms with Crippen molar-refractivity contribution in [3.63, 3.8) is 0 Å². The molecule has 132 valence electrons. The van der Waals surface area contributed by atoms with Crippen LogP contribution in [0.4, 0.5) is 11.4 Å². The number of anilines is 2. The van der Waals surface area contributed by atoms with E-state index in [2.05, 4.69) is 20.6 Å². The lowest BCUT2D eigenvalue weighted by Gasteiger charge is -2.10. The maximum Gasteiger partial charge on any atom is 0.251 e. The van der Waals surface area contributed by atoms with Crippen LogP contribution < -0.4 is 10.6 Å². The lowest BCUT2D eigenvalue weighted by molar-refractivity contribution is 0.0951. The third kappa shape index (κ3) is 4.10. The molecule has 4 rings (SSSR count). The number of fused-ring (bicyclic) bond motifs is 1. The standard InChI is InChI=1S/C22H18N4O/c27-22(25-15-16-4-2-10-23-14-16)18-5-1-7-19(13-18)26-20-8-9-21-17(12-20)6-3-11-24-21/h1-14,26H,15H2,(H,25,27). The van der Waals surface area contributed by atoms with E-state index < -0.39 is 0 Å². The van der Waals surface area contributed by atoms with Gasteiger partial charge in [-0.15, -0.1) is 0 Å². The van der Waals surface area contributed by atoms with Gasteiger partial charge in [0.25, 0.3) is 5.91 Å². The van der Waals surface area contributed by atoms with Crippen LogP contribution in [0.5, 0.6) is 0 Å². The minimum absolute atomic E-state index is 0.120. The number of benzene rings is 2. The van der Waals surface area contributed by atoms with Crippen molar-refractivity contribution in [1.29, 1.82) is 0 Å². The number of nitrogens with one attached hydrogen (secondary N) is 2. The molecule has 2 aromatic carbocycles. The zero-order valence-corrected chi connectivity index (χ0v) is 14.6. The Balaban J connectivity index is 1.47. The van der Waals surface area contributed by atoms with Gasteiger partial charge < -0.3 is 10.6 Å². The van der Waals surface area contributed by atoms with Crippen LogP contribution in [0, 0.1) is 0 Å². The van der Waals surface area contributed by atoms with Crippen LogP contribution in [0.15, 0.2) is 85.3 Å². The first kappa shape index (κ1) is 16.7. The van der Waals surface area contributed by atoms with Crippen LogP contribution >= 0.6 is 0 Å². The maximum atomic E-state index is 12.4. The van der Waals surface area contributed by atoms with E-state index in [4.69, 9.17) is 0 Å². The highest BCUT2D eigenvalue weighted by Crippen LogP contribution is 2.22. The second-order valence-corrected chi connectivity index (χ2v) is 6.16. The molecule has 2 N–H and O–H groups in total. The highest BCUT2D eigenvalue weighted by atomic mass is 16.1. The molecule has 0 bridgehead atoms. The summed E-state index contributed by atoms with van der Waals surface area (Å²) in [6.45, 7) is 0.446. The Hall–Kier alpha value is -3.73. The van der Waals surface area contributed by atoms with Crippen LogP contribution in [0.3, 0.4) is 0 Å². The van der Waals surface area contributed by atoms with Crippen molar-refractivity contribution in [2.75, 3.05) is 5.32 Å². The first-order chi connectivity index (χ1) is 13.3. The van der Waals surface area contributed by atoms with Gasteiger partial charge >= 0.3 is 0 Å². The largest absolute Gasteiger partial charge is 0.355 e. The van der Waals surface area contributed by atoms with Gasteiger partial charge in [-0.2, -0.15) is 0 Å². The Labute approximate surface area is 157 Å². The second kappa shape index (κ2) is 7.66.